The molecule has 132 valence electrons. The van der Waals surface area contributed by atoms with Crippen molar-refractivity contribution in [2.24, 2.45) is 0 Å². The molecule has 0 fully saturated rings. The van der Waals surface area contributed by atoms with Crippen LogP contribution >= 0.6 is 0 Å². The highest BCUT2D eigenvalue weighted by Crippen LogP contribution is 2.14. The van der Waals surface area contributed by atoms with Crippen LogP contribution in [0.5, 0.6) is 0 Å². The van der Waals surface area contributed by atoms with Crippen molar-refractivity contribution in [3.63, 3.8) is 0 Å². The Bertz CT molecular complexity index is 1010. The van der Waals surface area contributed by atoms with E-state index in [1.807, 2.05) is 36.7 Å². The van der Waals surface area contributed by atoms with E-state index >= 15 is 0 Å². The normalized spacial score (nSPS) is 10.5. The third-order valence-corrected chi connectivity index (χ3v) is 4.03. The number of hydrogen-bond donors (Lipinski definition) is 0. The molecule has 27 heavy (non-hydrogen) atoms. The summed E-state index contributed by atoms with van der Waals surface area (Å²) < 4.78 is 3.60. The molecule has 0 atom stereocenters. The lowest BCUT2D eigenvalue weighted by molar-refractivity contribution is -0.00282. The smallest absolute Gasteiger partial charge is 0.329 e. The first kappa shape index (κ1) is 16.6. The van der Waals surface area contributed by atoms with Crippen molar-refractivity contribution in [2.75, 3.05) is 0 Å². The van der Waals surface area contributed by atoms with Crippen molar-refractivity contribution in [3.8, 4) is 0 Å². The number of nitrogens with zero attached hydrogens (tertiary/aromatic N) is 8. The third kappa shape index (κ3) is 3.86. The van der Waals surface area contributed by atoms with Gasteiger partial charge in [-0.1, -0.05) is 0 Å². The lowest BCUT2D eigenvalue weighted by atomic mass is 10.0. The van der Waals surface area contributed by atoms with E-state index in [4.69, 9.17) is 4.98 Å². The van der Waals surface area contributed by atoms with Gasteiger partial charge in [-0.2, -0.15) is 15.0 Å². The fourth-order valence-corrected chi connectivity index (χ4v) is 2.86. The van der Waals surface area contributed by atoms with Crippen molar-refractivity contribution in [3.05, 3.63) is 102 Å². The molecular formula is C19H16N8. The van der Waals surface area contributed by atoms with Crippen molar-refractivity contribution in [1.29, 1.82) is 0 Å². The van der Waals surface area contributed by atoms with Crippen LogP contribution in [0.2, 0.25) is 0 Å². The van der Waals surface area contributed by atoms with Gasteiger partial charge in [0.25, 0.3) is 0 Å². The highest BCUT2D eigenvalue weighted by molar-refractivity contribution is 6.09. The van der Waals surface area contributed by atoms with Gasteiger partial charge in [0.15, 0.2) is 0 Å². The van der Waals surface area contributed by atoms with E-state index < -0.39 is 0 Å². The van der Waals surface area contributed by atoms with E-state index in [0.717, 1.165) is 22.5 Å². The molecule has 0 spiro atoms. The molecular weight excluding hydrogens is 340 g/mol. The molecule has 0 aliphatic heterocycles. The van der Waals surface area contributed by atoms with Crippen LogP contribution in [0.4, 0.5) is 0 Å². The van der Waals surface area contributed by atoms with Crippen molar-refractivity contribution >= 4 is 5.71 Å². The lowest BCUT2D eigenvalue weighted by Crippen LogP contribution is -2.12. The molecule has 8 heteroatoms. The standard InChI is InChI=1S/C19H16N8/c20-25-19(15-3-7-21-8-4-15)16-11-17(13-26-9-1-5-22-26)24-18(12-16)14-27-10-2-6-23-27/h1-12H,13-14H2. The molecule has 0 unspecified atom stereocenters. The molecule has 0 amide bonds. The topological polar surface area (TPSA) is 97.8 Å². The zero-order valence-electron chi connectivity index (χ0n) is 14.4. The summed E-state index contributed by atoms with van der Waals surface area (Å²) in [5.41, 5.74) is 13.3. The molecule has 4 rings (SSSR count). The van der Waals surface area contributed by atoms with Gasteiger partial charge in [-0.05, 0) is 36.4 Å². The molecule has 0 aliphatic carbocycles. The summed E-state index contributed by atoms with van der Waals surface area (Å²) in [5, 5.41) is 8.48. The molecule has 0 aliphatic rings. The van der Waals surface area contributed by atoms with Gasteiger partial charge in [0, 0.05) is 37.2 Å². The quantitative estimate of drug-likeness (QED) is 0.300. The van der Waals surface area contributed by atoms with Crippen molar-refractivity contribution in [1.82, 2.24) is 29.5 Å². The molecule has 4 aromatic rings. The van der Waals surface area contributed by atoms with E-state index in [2.05, 4.69) is 20.0 Å². The number of rotatable bonds is 6. The summed E-state index contributed by atoms with van der Waals surface area (Å²) in [6.07, 6.45) is 10.5. The Morgan fingerprint density at radius 3 is 1.93 bits per heavy atom. The Morgan fingerprint density at radius 2 is 1.44 bits per heavy atom. The van der Waals surface area contributed by atoms with Crippen molar-refractivity contribution in [2.45, 2.75) is 13.1 Å². The van der Waals surface area contributed by atoms with Crippen LogP contribution in [0.15, 0.2) is 73.6 Å². The van der Waals surface area contributed by atoms with Gasteiger partial charge in [0.2, 0.25) is 0 Å². The molecule has 0 saturated heterocycles. The number of aromatic nitrogens is 6. The first-order chi connectivity index (χ1) is 13.3. The van der Waals surface area contributed by atoms with Gasteiger partial charge in [0.05, 0.1) is 35.6 Å². The maximum Gasteiger partial charge on any atom is 0.329 e. The first-order valence-corrected chi connectivity index (χ1v) is 8.39. The SMILES string of the molecule is [N-]=[N+]=C(c1ccncc1)c1cc(Cn2cccn2)nc(Cn2cccn2)c1. The Balaban J connectivity index is 1.76. The summed E-state index contributed by atoms with van der Waals surface area (Å²) in [5.74, 6) is 0. The van der Waals surface area contributed by atoms with E-state index in [-0.39, 0.29) is 0 Å². The maximum atomic E-state index is 9.64. The van der Waals surface area contributed by atoms with Gasteiger partial charge < -0.3 is 5.53 Å². The summed E-state index contributed by atoms with van der Waals surface area (Å²) in [6.45, 7) is 1.03. The van der Waals surface area contributed by atoms with Crippen LogP contribution < -0.4 is 0 Å². The van der Waals surface area contributed by atoms with Crippen LogP contribution in [0, 0.1) is 0 Å². The molecule has 4 aromatic heterocycles. The summed E-state index contributed by atoms with van der Waals surface area (Å²) in [4.78, 5) is 12.3. The van der Waals surface area contributed by atoms with E-state index in [9.17, 15) is 5.53 Å². The molecule has 0 N–H and O–H groups in total. The first-order valence-electron chi connectivity index (χ1n) is 8.39. The predicted molar refractivity (Wildman–Crippen MR) is 98.0 cm³/mol. The van der Waals surface area contributed by atoms with E-state index in [1.165, 1.54) is 0 Å². The van der Waals surface area contributed by atoms with Crippen LogP contribution in [-0.4, -0.2) is 40.0 Å². The van der Waals surface area contributed by atoms with Crippen LogP contribution in [0.25, 0.3) is 5.53 Å². The van der Waals surface area contributed by atoms with E-state index in [1.54, 1.807) is 46.3 Å². The predicted octanol–water partition coefficient (Wildman–Crippen LogP) is 2.03. The highest BCUT2D eigenvalue weighted by atomic mass is 15.3. The number of hydrogen-bond acceptors (Lipinski definition) is 4. The fourth-order valence-electron chi connectivity index (χ4n) is 2.86. The summed E-state index contributed by atoms with van der Waals surface area (Å²) in [7, 11) is 0. The van der Waals surface area contributed by atoms with Crippen molar-refractivity contribution < 1.29 is 4.79 Å². The Kier molecular flexibility index (Phi) is 4.63. The Labute approximate surface area is 155 Å². The van der Waals surface area contributed by atoms with Crippen LogP contribution in [0.1, 0.15) is 22.5 Å². The molecule has 0 saturated carbocycles. The van der Waals surface area contributed by atoms with Gasteiger partial charge >= 0.3 is 5.71 Å². The Morgan fingerprint density at radius 1 is 0.852 bits per heavy atom. The second kappa shape index (κ2) is 7.55. The third-order valence-electron chi connectivity index (χ3n) is 4.03. The highest BCUT2D eigenvalue weighted by Gasteiger charge is 2.18. The minimum atomic E-state index is 0.461. The molecule has 4 heterocycles. The average Bonchev–Trinajstić information content (AvgIpc) is 3.37. The lowest BCUT2D eigenvalue weighted by Gasteiger charge is -2.08. The minimum Gasteiger partial charge on any atom is -0.361 e. The zero-order chi connectivity index (χ0) is 18.5. The monoisotopic (exact) mass is 356 g/mol. The minimum absolute atomic E-state index is 0.461. The Hall–Kier alpha value is -3.90. The van der Waals surface area contributed by atoms with Crippen LogP contribution in [-0.2, 0) is 13.1 Å². The van der Waals surface area contributed by atoms with E-state index in [0.29, 0.717) is 18.8 Å². The summed E-state index contributed by atoms with van der Waals surface area (Å²) in [6, 6.07) is 11.2. The van der Waals surface area contributed by atoms with Gasteiger partial charge in [-0.25, -0.2) is 0 Å². The maximum absolute atomic E-state index is 9.64. The summed E-state index contributed by atoms with van der Waals surface area (Å²) >= 11 is 0. The second-order valence-electron chi connectivity index (χ2n) is 5.93. The number of pyridine rings is 2. The van der Waals surface area contributed by atoms with Gasteiger partial charge in [-0.3, -0.25) is 19.3 Å². The second-order valence-corrected chi connectivity index (χ2v) is 5.93. The molecule has 8 nitrogen and oxygen atoms in total. The van der Waals surface area contributed by atoms with Crippen LogP contribution in [0.3, 0.4) is 0 Å². The molecule has 0 radical (unpaired) electrons. The molecule has 0 bridgehead atoms. The average molecular weight is 356 g/mol. The largest absolute Gasteiger partial charge is 0.361 e. The van der Waals surface area contributed by atoms with Gasteiger partial charge in [-0.15, -0.1) is 0 Å². The fraction of sp³-hybridized carbons (Fsp3) is 0.105. The molecule has 0 aromatic carbocycles. The van der Waals surface area contributed by atoms with Gasteiger partial charge in [0.1, 0.15) is 0 Å². The zero-order valence-corrected chi connectivity index (χ0v) is 14.4.